The predicted molar refractivity (Wildman–Crippen MR) is 84.6 cm³/mol. The van der Waals surface area contributed by atoms with Crippen LogP contribution in [0.15, 0.2) is 5.38 Å². The maximum absolute atomic E-state index is 5.82. The third-order valence-electron chi connectivity index (χ3n) is 4.34. The molecule has 0 bridgehead atoms. The SMILES string of the molecule is Cc1csc(-n2nnc(CN)c2CCC2CCCCC2)n1. The largest absolute Gasteiger partial charge is 0.325 e. The van der Waals surface area contributed by atoms with Gasteiger partial charge in [-0.05, 0) is 25.7 Å². The summed E-state index contributed by atoms with van der Waals surface area (Å²) in [5.41, 5.74) is 8.91. The highest BCUT2D eigenvalue weighted by Gasteiger charge is 2.19. The van der Waals surface area contributed by atoms with Crippen molar-refractivity contribution in [1.29, 1.82) is 0 Å². The van der Waals surface area contributed by atoms with Crippen LogP contribution in [0.3, 0.4) is 0 Å². The van der Waals surface area contributed by atoms with Crippen LogP contribution in [0.5, 0.6) is 0 Å². The maximum Gasteiger partial charge on any atom is 0.212 e. The fourth-order valence-corrected chi connectivity index (χ4v) is 3.92. The Balaban J connectivity index is 1.77. The molecule has 1 fully saturated rings. The maximum atomic E-state index is 5.82. The van der Waals surface area contributed by atoms with Gasteiger partial charge >= 0.3 is 0 Å². The van der Waals surface area contributed by atoms with Crippen LogP contribution in [0.25, 0.3) is 5.13 Å². The summed E-state index contributed by atoms with van der Waals surface area (Å²) in [7, 11) is 0. The van der Waals surface area contributed by atoms with E-state index in [1.54, 1.807) is 11.3 Å². The van der Waals surface area contributed by atoms with Crippen LogP contribution in [0.4, 0.5) is 0 Å². The number of rotatable bonds is 5. The van der Waals surface area contributed by atoms with Gasteiger partial charge in [-0.3, -0.25) is 0 Å². The van der Waals surface area contributed by atoms with E-state index in [1.807, 2.05) is 17.0 Å². The summed E-state index contributed by atoms with van der Waals surface area (Å²) in [4.78, 5) is 4.52. The van der Waals surface area contributed by atoms with E-state index in [9.17, 15) is 0 Å². The first kappa shape index (κ1) is 14.7. The molecule has 2 heterocycles. The van der Waals surface area contributed by atoms with Gasteiger partial charge in [-0.25, -0.2) is 4.98 Å². The molecule has 0 unspecified atom stereocenters. The summed E-state index contributed by atoms with van der Waals surface area (Å²) in [6.07, 6.45) is 9.14. The molecule has 0 spiro atoms. The molecule has 0 aliphatic heterocycles. The molecule has 2 N–H and O–H groups in total. The Hall–Kier alpha value is -1.27. The van der Waals surface area contributed by atoms with Crippen LogP contribution < -0.4 is 5.73 Å². The zero-order valence-electron chi connectivity index (χ0n) is 12.6. The van der Waals surface area contributed by atoms with Crippen LogP contribution in [0.1, 0.15) is 55.6 Å². The van der Waals surface area contributed by atoms with Gasteiger partial charge in [-0.2, -0.15) is 4.68 Å². The Bertz CT molecular complexity index is 583. The molecule has 2 aromatic rings. The summed E-state index contributed by atoms with van der Waals surface area (Å²) >= 11 is 1.61. The number of thiazole rings is 1. The summed E-state index contributed by atoms with van der Waals surface area (Å²) in [5, 5.41) is 11.5. The second-order valence-electron chi connectivity index (χ2n) is 5.91. The molecular formula is C15H23N5S. The molecule has 114 valence electrons. The Morgan fingerprint density at radius 3 is 2.81 bits per heavy atom. The number of hydrogen-bond acceptors (Lipinski definition) is 5. The topological polar surface area (TPSA) is 69.6 Å². The Morgan fingerprint density at radius 1 is 1.33 bits per heavy atom. The molecule has 1 aliphatic rings. The van der Waals surface area contributed by atoms with Crippen molar-refractivity contribution in [2.24, 2.45) is 11.7 Å². The summed E-state index contributed by atoms with van der Waals surface area (Å²) in [5.74, 6) is 0.853. The Kier molecular flexibility index (Phi) is 4.65. The summed E-state index contributed by atoms with van der Waals surface area (Å²) in [6, 6.07) is 0. The van der Waals surface area contributed by atoms with Crippen LogP contribution in [0, 0.1) is 12.8 Å². The first-order chi connectivity index (χ1) is 10.3. The van der Waals surface area contributed by atoms with Crippen molar-refractivity contribution in [3.8, 4) is 5.13 Å². The predicted octanol–water partition coefficient (Wildman–Crippen LogP) is 3.00. The number of nitrogens with zero attached hydrogens (tertiary/aromatic N) is 4. The first-order valence-corrected chi connectivity index (χ1v) is 8.72. The highest BCUT2D eigenvalue weighted by Crippen LogP contribution is 2.28. The number of aryl methyl sites for hydroxylation is 1. The van der Waals surface area contributed by atoms with E-state index in [4.69, 9.17) is 5.73 Å². The van der Waals surface area contributed by atoms with Gasteiger partial charge in [0.25, 0.3) is 0 Å². The van der Waals surface area contributed by atoms with Gasteiger partial charge in [0.15, 0.2) is 0 Å². The second kappa shape index (κ2) is 6.66. The highest BCUT2D eigenvalue weighted by molar-refractivity contribution is 7.12. The molecule has 3 rings (SSSR count). The molecule has 0 radical (unpaired) electrons. The molecule has 0 atom stereocenters. The van der Waals surface area contributed by atoms with E-state index in [2.05, 4.69) is 15.3 Å². The van der Waals surface area contributed by atoms with Gasteiger partial charge in [0.05, 0.1) is 17.1 Å². The fourth-order valence-electron chi connectivity index (χ4n) is 3.15. The van der Waals surface area contributed by atoms with Crippen LogP contribution >= 0.6 is 11.3 Å². The number of hydrogen-bond donors (Lipinski definition) is 1. The molecule has 0 saturated heterocycles. The van der Waals surface area contributed by atoms with Gasteiger partial charge in [-0.15, -0.1) is 16.4 Å². The third-order valence-corrected chi connectivity index (χ3v) is 5.27. The molecule has 2 aromatic heterocycles. The van der Waals surface area contributed by atoms with E-state index < -0.39 is 0 Å². The lowest BCUT2D eigenvalue weighted by molar-refractivity contribution is 0.337. The van der Waals surface area contributed by atoms with Crippen LogP contribution in [-0.2, 0) is 13.0 Å². The summed E-state index contributed by atoms with van der Waals surface area (Å²) in [6.45, 7) is 2.45. The van der Waals surface area contributed by atoms with E-state index in [-0.39, 0.29) is 0 Å². The quantitative estimate of drug-likeness (QED) is 0.922. The summed E-state index contributed by atoms with van der Waals surface area (Å²) < 4.78 is 1.89. The van der Waals surface area contributed by atoms with E-state index >= 15 is 0 Å². The van der Waals surface area contributed by atoms with Crippen molar-refractivity contribution in [3.63, 3.8) is 0 Å². The van der Waals surface area contributed by atoms with Crippen molar-refractivity contribution >= 4 is 11.3 Å². The lowest BCUT2D eigenvalue weighted by atomic mass is 9.85. The minimum absolute atomic E-state index is 0.449. The van der Waals surface area contributed by atoms with Crippen LogP contribution in [0.2, 0.25) is 0 Å². The molecule has 0 amide bonds. The molecule has 21 heavy (non-hydrogen) atoms. The molecule has 0 aromatic carbocycles. The average Bonchev–Trinajstić information content (AvgIpc) is 3.11. The van der Waals surface area contributed by atoms with Gasteiger partial charge in [-0.1, -0.05) is 37.3 Å². The normalized spacial score (nSPS) is 16.5. The van der Waals surface area contributed by atoms with E-state index in [0.717, 1.165) is 34.6 Å². The Morgan fingerprint density at radius 2 is 2.14 bits per heavy atom. The van der Waals surface area contributed by atoms with Gasteiger partial charge < -0.3 is 5.73 Å². The molecule has 1 saturated carbocycles. The Labute approximate surface area is 129 Å². The fraction of sp³-hybridized carbons (Fsp3) is 0.667. The number of nitrogens with two attached hydrogens (primary N) is 1. The first-order valence-electron chi connectivity index (χ1n) is 7.84. The third kappa shape index (κ3) is 3.32. The minimum Gasteiger partial charge on any atom is -0.325 e. The van der Waals surface area contributed by atoms with Crippen molar-refractivity contribution in [1.82, 2.24) is 20.0 Å². The average molecular weight is 305 g/mol. The lowest BCUT2D eigenvalue weighted by Gasteiger charge is -2.21. The molecule has 1 aliphatic carbocycles. The van der Waals surface area contributed by atoms with E-state index in [0.29, 0.717) is 6.54 Å². The minimum atomic E-state index is 0.449. The zero-order chi connectivity index (χ0) is 14.7. The van der Waals surface area contributed by atoms with Gasteiger partial charge in [0, 0.05) is 11.9 Å². The molecular weight excluding hydrogens is 282 g/mol. The van der Waals surface area contributed by atoms with Crippen molar-refractivity contribution in [2.75, 3.05) is 0 Å². The molecule has 5 nitrogen and oxygen atoms in total. The van der Waals surface area contributed by atoms with Gasteiger partial charge in [0.1, 0.15) is 0 Å². The number of aromatic nitrogens is 4. The monoisotopic (exact) mass is 305 g/mol. The van der Waals surface area contributed by atoms with Crippen molar-refractivity contribution < 1.29 is 0 Å². The highest BCUT2D eigenvalue weighted by atomic mass is 32.1. The standard InChI is InChI=1S/C15H23N5S/c1-11-10-21-15(17-11)20-14(13(9-16)18-19-20)8-7-12-5-3-2-4-6-12/h10,12H,2-9,16H2,1H3. The second-order valence-corrected chi connectivity index (χ2v) is 6.75. The zero-order valence-corrected chi connectivity index (χ0v) is 13.4. The smallest absolute Gasteiger partial charge is 0.212 e. The van der Waals surface area contributed by atoms with Crippen LogP contribution in [-0.4, -0.2) is 20.0 Å². The molecule has 6 heteroatoms. The lowest BCUT2D eigenvalue weighted by Crippen LogP contribution is -2.11. The van der Waals surface area contributed by atoms with E-state index in [1.165, 1.54) is 38.5 Å². The van der Waals surface area contributed by atoms with Crippen molar-refractivity contribution in [2.45, 2.75) is 58.4 Å². The van der Waals surface area contributed by atoms with Crippen molar-refractivity contribution in [3.05, 3.63) is 22.5 Å². The van der Waals surface area contributed by atoms with Gasteiger partial charge in [0.2, 0.25) is 5.13 Å².